The van der Waals surface area contributed by atoms with Gasteiger partial charge < -0.3 is 19.3 Å². The maximum atomic E-state index is 12.9. The van der Waals surface area contributed by atoms with Gasteiger partial charge in [0.05, 0.1) is 30.4 Å². The number of amidine groups is 1. The van der Waals surface area contributed by atoms with Gasteiger partial charge in [-0.05, 0) is 66.7 Å². The molecule has 1 heterocycles. The lowest BCUT2D eigenvalue weighted by Gasteiger charge is -2.12. The topological polar surface area (TPSA) is 115 Å². The van der Waals surface area contributed by atoms with Crippen molar-refractivity contribution < 1.29 is 33.7 Å². The van der Waals surface area contributed by atoms with Gasteiger partial charge in [0.25, 0.3) is 5.91 Å². The number of carboxylic acid groups (broad SMARTS) is 1. The SMILES string of the molecule is CCN1C(=O)/C(=C\c2ccc(OCC(=O)OC)c(OC)c2)SC1=Nc1ccc(C(=O)O)cc1. The highest BCUT2D eigenvalue weighted by molar-refractivity contribution is 8.18. The van der Waals surface area contributed by atoms with Gasteiger partial charge in [-0.25, -0.2) is 14.6 Å². The molecule has 1 aliphatic heterocycles. The van der Waals surface area contributed by atoms with Gasteiger partial charge in [0.2, 0.25) is 0 Å². The molecule has 9 nitrogen and oxygen atoms in total. The first-order valence-corrected chi connectivity index (χ1v) is 10.7. The molecule has 0 aromatic heterocycles. The van der Waals surface area contributed by atoms with Crippen LogP contribution in [-0.2, 0) is 14.3 Å². The first-order valence-electron chi connectivity index (χ1n) is 9.87. The fourth-order valence-corrected chi connectivity index (χ4v) is 3.96. The Morgan fingerprint density at radius 1 is 1.12 bits per heavy atom. The van der Waals surface area contributed by atoms with E-state index < -0.39 is 11.9 Å². The van der Waals surface area contributed by atoms with Gasteiger partial charge in [-0.15, -0.1) is 0 Å². The summed E-state index contributed by atoms with van der Waals surface area (Å²) >= 11 is 1.22. The number of rotatable bonds is 8. The van der Waals surface area contributed by atoms with Crippen molar-refractivity contribution in [3.8, 4) is 11.5 Å². The van der Waals surface area contributed by atoms with Crippen LogP contribution in [0, 0.1) is 0 Å². The van der Waals surface area contributed by atoms with Crippen molar-refractivity contribution in [2.24, 2.45) is 4.99 Å². The van der Waals surface area contributed by atoms with E-state index in [1.54, 1.807) is 41.3 Å². The van der Waals surface area contributed by atoms with E-state index in [0.29, 0.717) is 39.4 Å². The summed E-state index contributed by atoms with van der Waals surface area (Å²) in [6, 6.07) is 11.2. The monoisotopic (exact) mass is 470 g/mol. The Labute approximate surface area is 194 Å². The third-order valence-corrected chi connectivity index (χ3v) is 5.61. The van der Waals surface area contributed by atoms with Gasteiger partial charge in [-0.2, -0.15) is 0 Å². The molecule has 0 aliphatic carbocycles. The molecule has 1 amide bonds. The highest BCUT2D eigenvalue weighted by Crippen LogP contribution is 2.35. The van der Waals surface area contributed by atoms with Crippen LogP contribution in [0.3, 0.4) is 0 Å². The summed E-state index contributed by atoms with van der Waals surface area (Å²) in [5.74, 6) is -0.938. The zero-order valence-corrected chi connectivity index (χ0v) is 19.0. The number of amides is 1. The van der Waals surface area contributed by atoms with Crippen LogP contribution in [0.4, 0.5) is 5.69 Å². The first kappa shape index (κ1) is 23.9. The van der Waals surface area contributed by atoms with Crippen LogP contribution in [0.25, 0.3) is 6.08 Å². The minimum Gasteiger partial charge on any atom is -0.493 e. The largest absolute Gasteiger partial charge is 0.493 e. The number of hydrogen-bond donors (Lipinski definition) is 1. The Morgan fingerprint density at radius 3 is 2.45 bits per heavy atom. The number of aliphatic imine (C=N–C) groups is 1. The molecule has 1 fully saturated rings. The van der Waals surface area contributed by atoms with Crippen molar-refractivity contribution in [2.75, 3.05) is 27.4 Å². The van der Waals surface area contributed by atoms with E-state index in [1.165, 1.54) is 38.1 Å². The molecule has 1 saturated heterocycles. The molecule has 2 aromatic rings. The number of likely N-dealkylation sites (N-methyl/N-ethyl adjacent to an activating group) is 1. The van der Waals surface area contributed by atoms with Gasteiger partial charge in [-0.3, -0.25) is 9.69 Å². The van der Waals surface area contributed by atoms with Crippen LogP contribution in [-0.4, -0.2) is 60.4 Å². The van der Waals surface area contributed by atoms with Crippen molar-refractivity contribution in [1.82, 2.24) is 4.90 Å². The molecule has 0 atom stereocenters. The summed E-state index contributed by atoms with van der Waals surface area (Å²) in [7, 11) is 2.75. The summed E-state index contributed by atoms with van der Waals surface area (Å²) in [5, 5.41) is 9.53. The molecule has 1 aliphatic rings. The summed E-state index contributed by atoms with van der Waals surface area (Å²) in [6.45, 7) is 2.03. The van der Waals surface area contributed by atoms with E-state index in [-0.39, 0.29) is 18.1 Å². The molecule has 0 saturated carbocycles. The fourth-order valence-electron chi connectivity index (χ4n) is 2.90. The van der Waals surface area contributed by atoms with Crippen molar-refractivity contribution in [1.29, 1.82) is 0 Å². The van der Waals surface area contributed by atoms with Gasteiger partial charge in [-0.1, -0.05) is 6.07 Å². The molecular weight excluding hydrogens is 448 g/mol. The van der Waals surface area contributed by atoms with Crippen LogP contribution in [0.15, 0.2) is 52.4 Å². The Bertz CT molecular complexity index is 1130. The fraction of sp³-hybridized carbons (Fsp3) is 0.217. The molecule has 1 N–H and O–H groups in total. The number of carbonyl (C=O) groups excluding carboxylic acids is 2. The summed E-state index contributed by atoms with van der Waals surface area (Å²) in [6.07, 6.45) is 1.72. The molecule has 172 valence electrons. The molecule has 0 spiro atoms. The van der Waals surface area contributed by atoms with Gasteiger partial charge in [0, 0.05) is 6.54 Å². The summed E-state index contributed by atoms with van der Waals surface area (Å²) < 4.78 is 15.3. The second-order valence-corrected chi connectivity index (χ2v) is 7.69. The molecular formula is C23H22N2O7S. The zero-order valence-electron chi connectivity index (χ0n) is 18.2. The zero-order chi connectivity index (χ0) is 24.0. The lowest BCUT2D eigenvalue weighted by molar-refractivity contribution is -0.142. The van der Waals surface area contributed by atoms with E-state index in [1.807, 2.05) is 6.92 Å². The van der Waals surface area contributed by atoms with Crippen LogP contribution < -0.4 is 9.47 Å². The normalized spacial score (nSPS) is 15.7. The second-order valence-electron chi connectivity index (χ2n) is 6.68. The third kappa shape index (κ3) is 5.72. The van der Waals surface area contributed by atoms with E-state index in [9.17, 15) is 14.4 Å². The lowest BCUT2D eigenvalue weighted by Crippen LogP contribution is -2.28. The van der Waals surface area contributed by atoms with Crippen molar-refractivity contribution in [3.63, 3.8) is 0 Å². The van der Waals surface area contributed by atoms with Crippen molar-refractivity contribution in [2.45, 2.75) is 6.92 Å². The molecule has 33 heavy (non-hydrogen) atoms. The first-order chi connectivity index (χ1) is 15.9. The van der Waals surface area contributed by atoms with Crippen LogP contribution in [0.5, 0.6) is 11.5 Å². The van der Waals surface area contributed by atoms with Crippen LogP contribution in [0.1, 0.15) is 22.8 Å². The highest BCUT2D eigenvalue weighted by atomic mass is 32.2. The van der Waals surface area contributed by atoms with Crippen LogP contribution in [0.2, 0.25) is 0 Å². The number of benzene rings is 2. The highest BCUT2D eigenvalue weighted by Gasteiger charge is 2.32. The number of esters is 1. The third-order valence-electron chi connectivity index (χ3n) is 4.60. The predicted octanol–water partition coefficient (Wildman–Crippen LogP) is 3.57. The van der Waals surface area contributed by atoms with E-state index in [2.05, 4.69) is 9.73 Å². The van der Waals surface area contributed by atoms with Crippen LogP contribution >= 0.6 is 11.8 Å². The maximum absolute atomic E-state index is 12.9. The summed E-state index contributed by atoms with van der Waals surface area (Å²) in [5.41, 5.74) is 1.41. The number of carbonyl (C=O) groups is 3. The Hall–Kier alpha value is -3.79. The number of methoxy groups -OCH3 is 2. The number of nitrogens with zero attached hydrogens (tertiary/aromatic N) is 2. The average Bonchev–Trinajstić information content (AvgIpc) is 3.11. The quantitative estimate of drug-likeness (QED) is 0.460. The predicted molar refractivity (Wildman–Crippen MR) is 124 cm³/mol. The lowest BCUT2D eigenvalue weighted by atomic mass is 10.2. The van der Waals surface area contributed by atoms with Gasteiger partial charge in [0.15, 0.2) is 23.3 Å². The number of carboxylic acids is 1. The number of hydrogen-bond acceptors (Lipinski definition) is 8. The van der Waals surface area contributed by atoms with E-state index >= 15 is 0 Å². The number of ether oxygens (including phenoxy) is 3. The van der Waals surface area contributed by atoms with E-state index in [0.717, 1.165) is 0 Å². The maximum Gasteiger partial charge on any atom is 0.343 e. The summed E-state index contributed by atoms with van der Waals surface area (Å²) in [4.78, 5) is 41.8. The number of aromatic carboxylic acids is 1. The van der Waals surface area contributed by atoms with E-state index in [4.69, 9.17) is 14.6 Å². The second kappa shape index (κ2) is 10.7. The van der Waals surface area contributed by atoms with Gasteiger partial charge >= 0.3 is 11.9 Å². The molecule has 0 radical (unpaired) electrons. The molecule has 0 unspecified atom stereocenters. The molecule has 0 bridgehead atoms. The molecule has 2 aromatic carbocycles. The smallest absolute Gasteiger partial charge is 0.343 e. The Morgan fingerprint density at radius 2 is 1.85 bits per heavy atom. The number of thioether (sulfide) groups is 1. The Balaban J connectivity index is 1.84. The van der Waals surface area contributed by atoms with Gasteiger partial charge in [0.1, 0.15) is 0 Å². The molecule has 3 rings (SSSR count). The Kier molecular flexibility index (Phi) is 7.73. The molecule has 10 heteroatoms. The average molecular weight is 471 g/mol. The minimum atomic E-state index is -1.02. The minimum absolute atomic E-state index is 0.162. The van der Waals surface area contributed by atoms with Crippen molar-refractivity contribution >= 4 is 46.5 Å². The van der Waals surface area contributed by atoms with Crippen molar-refractivity contribution in [3.05, 3.63) is 58.5 Å². The standard InChI is InChI=1S/C23H22N2O7S/c1-4-25-21(27)19(33-23(25)24-16-8-6-15(7-9-16)22(28)29)12-14-5-10-17(18(11-14)30-2)32-13-20(26)31-3/h5-12H,4,13H2,1-3H3,(H,28,29)/b19-12+,24-23?.